The molecule has 0 unspecified atom stereocenters. The normalized spacial score (nSPS) is 16.5. The van der Waals surface area contributed by atoms with Gasteiger partial charge in [0.05, 0.1) is 11.3 Å². The number of hydrogen-bond donors (Lipinski definition) is 1. The first-order chi connectivity index (χ1) is 12.3. The van der Waals surface area contributed by atoms with Gasteiger partial charge >= 0.3 is 5.69 Å². The van der Waals surface area contributed by atoms with Gasteiger partial charge in [0.1, 0.15) is 12.4 Å². The van der Waals surface area contributed by atoms with E-state index in [1.807, 2.05) is 0 Å². The molecule has 0 amide bonds. The third kappa shape index (κ3) is 3.43. The number of nitrogens with zero attached hydrogens (tertiary/aromatic N) is 6. The van der Waals surface area contributed by atoms with Gasteiger partial charge < -0.3 is 15.0 Å². The summed E-state index contributed by atoms with van der Waals surface area (Å²) in [7, 11) is -1.99. The fourth-order valence-corrected chi connectivity index (χ4v) is 4.07. The second kappa shape index (κ2) is 6.84. The average Bonchev–Trinajstić information content (AvgIpc) is 3.02. The Morgan fingerprint density at radius 1 is 1.31 bits per heavy atom. The van der Waals surface area contributed by atoms with E-state index in [1.165, 1.54) is 16.8 Å². The van der Waals surface area contributed by atoms with Crippen molar-refractivity contribution in [2.24, 2.45) is 7.05 Å². The number of aromatic nitrogens is 4. The summed E-state index contributed by atoms with van der Waals surface area (Å²) in [6.07, 6.45) is 4.23. The van der Waals surface area contributed by atoms with Crippen LogP contribution in [0.4, 0.5) is 11.5 Å². The van der Waals surface area contributed by atoms with Crippen molar-refractivity contribution in [3.63, 3.8) is 0 Å². The van der Waals surface area contributed by atoms with E-state index in [4.69, 9.17) is 10.5 Å². The molecule has 1 aliphatic rings. The molecule has 12 nitrogen and oxygen atoms in total. The monoisotopic (exact) mass is 383 g/mol. The summed E-state index contributed by atoms with van der Waals surface area (Å²) < 4.78 is 33.5. The van der Waals surface area contributed by atoms with E-state index in [0.717, 1.165) is 6.33 Å². The van der Waals surface area contributed by atoms with Crippen molar-refractivity contribution < 1.29 is 18.1 Å². The number of anilines is 1. The number of hydrogen-bond acceptors (Lipinski definition) is 9. The molecule has 2 aromatic rings. The maximum atomic E-state index is 12.5. The van der Waals surface area contributed by atoms with Crippen LogP contribution < -0.4 is 10.5 Å². The quantitative estimate of drug-likeness (QED) is 0.550. The molecular formula is C13H17N7O5S. The highest BCUT2D eigenvalue weighted by Crippen LogP contribution is 2.31. The van der Waals surface area contributed by atoms with Crippen LogP contribution in [-0.4, -0.2) is 56.4 Å². The van der Waals surface area contributed by atoms with Crippen molar-refractivity contribution in [2.75, 3.05) is 18.8 Å². The summed E-state index contributed by atoms with van der Waals surface area (Å²) >= 11 is 0. The Hall–Kier alpha value is -2.80. The van der Waals surface area contributed by atoms with Crippen molar-refractivity contribution in [1.29, 1.82) is 0 Å². The van der Waals surface area contributed by atoms with E-state index >= 15 is 0 Å². The predicted molar refractivity (Wildman–Crippen MR) is 88.7 cm³/mol. The standard InChI is InChI=1S/C13H17N7O5S/c1-18-6-10(17-8-18)26(23,24)19-4-2-9(3-5-19)25-13-11(20(21)22)12(14)15-7-16-13/h6-9H,2-5H2,1H3,(H2,14,15,16). The number of nitrogens with two attached hydrogens (primary N) is 1. The lowest BCUT2D eigenvalue weighted by atomic mass is 10.1. The number of rotatable bonds is 5. The fraction of sp³-hybridized carbons (Fsp3) is 0.462. The fourth-order valence-electron chi connectivity index (χ4n) is 2.64. The molecule has 1 saturated heterocycles. The number of nitrogen functional groups attached to an aromatic ring is 1. The Balaban J connectivity index is 1.68. The van der Waals surface area contributed by atoms with Gasteiger partial charge in [-0.1, -0.05) is 0 Å². The van der Waals surface area contributed by atoms with Gasteiger partial charge in [-0.05, 0) is 12.8 Å². The van der Waals surface area contributed by atoms with E-state index in [-0.39, 0.29) is 29.8 Å². The van der Waals surface area contributed by atoms with Crippen LogP contribution >= 0.6 is 0 Å². The molecule has 0 saturated carbocycles. The zero-order chi connectivity index (χ0) is 18.9. The van der Waals surface area contributed by atoms with Gasteiger partial charge in [-0.15, -0.1) is 0 Å². The summed E-state index contributed by atoms with van der Waals surface area (Å²) in [6, 6.07) is 0. The van der Waals surface area contributed by atoms with E-state index in [2.05, 4.69) is 15.0 Å². The first kappa shape index (κ1) is 18.0. The SMILES string of the molecule is Cn1cnc(S(=O)(=O)N2CCC(Oc3ncnc(N)c3[N+](=O)[O-])CC2)c1. The number of imidazole rings is 1. The molecule has 0 aliphatic carbocycles. The molecule has 0 radical (unpaired) electrons. The number of sulfonamides is 1. The molecule has 26 heavy (non-hydrogen) atoms. The Bertz CT molecular complexity index is 921. The van der Waals surface area contributed by atoms with Crippen LogP contribution in [0.5, 0.6) is 5.88 Å². The molecule has 2 aromatic heterocycles. The molecule has 13 heteroatoms. The van der Waals surface area contributed by atoms with E-state index < -0.39 is 26.7 Å². The minimum absolute atomic E-state index is 0.0152. The maximum absolute atomic E-state index is 12.5. The van der Waals surface area contributed by atoms with Crippen molar-refractivity contribution in [2.45, 2.75) is 24.0 Å². The highest BCUT2D eigenvalue weighted by atomic mass is 32.2. The smallest absolute Gasteiger partial charge is 0.372 e. The van der Waals surface area contributed by atoms with Gasteiger partial charge in [-0.2, -0.15) is 9.29 Å². The number of nitro groups is 1. The minimum Gasteiger partial charge on any atom is -0.469 e. The lowest BCUT2D eigenvalue weighted by molar-refractivity contribution is -0.385. The van der Waals surface area contributed by atoms with E-state index in [9.17, 15) is 18.5 Å². The van der Waals surface area contributed by atoms with Crippen LogP contribution in [0.15, 0.2) is 23.9 Å². The molecule has 1 aliphatic heterocycles. The highest BCUT2D eigenvalue weighted by Gasteiger charge is 2.33. The number of aryl methyl sites for hydroxylation is 1. The summed E-state index contributed by atoms with van der Waals surface area (Å²) in [4.78, 5) is 21.6. The lowest BCUT2D eigenvalue weighted by Gasteiger charge is -2.30. The third-order valence-corrected chi connectivity index (χ3v) is 5.75. The average molecular weight is 383 g/mol. The summed E-state index contributed by atoms with van der Waals surface area (Å²) in [5.41, 5.74) is 5.01. The zero-order valence-corrected chi connectivity index (χ0v) is 14.7. The van der Waals surface area contributed by atoms with Gasteiger partial charge in [-0.25, -0.2) is 18.4 Å². The van der Waals surface area contributed by atoms with E-state index in [0.29, 0.717) is 12.8 Å². The molecule has 3 rings (SSSR count). The number of piperidine rings is 1. The van der Waals surface area contributed by atoms with Gasteiger partial charge in [0.2, 0.25) is 5.82 Å². The van der Waals surface area contributed by atoms with Crippen LogP contribution in [0.25, 0.3) is 0 Å². The summed E-state index contributed by atoms with van der Waals surface area (Å²) in [5.74, 6) is -0.497. The van der Waals surface area contributed by atoms with Gasteiger partial charge in [0, 0.05) is 26.3 Å². The maximum Gasteiger partial charge on any atom is 0.372 e. The third-order valence-electron chi connectivity index (χ3n) is 3.96. The lowest BCUT2D eigenvalue weighted by Crippen LogP contribution is -2.42. The van der Waals surface area contributed by atoms with Crippen LogP contribution in [0, 0.1) is 10.1 Å². The Labute approximate surface area is 148 Å². The Morgan fingerprint density at radius 3 is 2.58 bits per heavy atom. The molecule has 1 fully saturated rings. The van der Waals surface area contributed by atoms with Crippen LogP contribution in [-0.2, 0) is 17.1 Å². The first-order valence-electron chi connectivity index (χ1n) is 7.68. The summed E-state index contributed by atoms with van der Waals surface area (Å²) in [5, 5.41) is 11.1. The second-order valence-electron chi connectivity index (χ2n) is 5.77. The Kier molecular flexibility index (Phi) is 4.73. The van der Waals surface area contributed by atoms with Gasteiger partial charge in [-0.3, -0.25) is 10.1 Å². The minimum atomic E-state index is -3.67. The molecule has 0 bridgehead atoms. The van der Waals surface area contributed by atoms with Crippen molar-refractivity contribution in [3.8, 4) is 5.88 Å². The molecule has 140 valence electrons. The molecule has 0 aromatic carbocycles. The van der Waals surface area contributed by atoms with Crippen LogP contribution in [0.2, 0.25) is 0 Å². The molecule has 3 heterocycles. The molecule has 0 atom stereocenters. The summed E-state index contributed by atoms with van der Waals surface area (Å²) in [6.45, 7) is 0.413. The largest absolute Gasteiger partial charge is 0.469 e. The van der Waals surface area contributed by atoms with Gasteiger partial charge in [0.25, 0.3) is 15.9 Å². The van der Waals surface area contributed by atoms with Crippen LogP contribution in [0.3, 0.4) is 0 Å². The van der Waals surface area contributed by atoms with Gasteiger partial charge in [0.15, 0.2) is 5.03 Å². The van der Waals surface area contributed by atoms with Crippen molar-refractivity contribution in [3.05, 3.63) is 29.0 Å². The van der Waals surface area contributed by atoms with E-state index in [1.54, 1.807) is 11.6 Å². The topological polar surface area (TPSA) is 159 Å². The predicted octanol–water partition coefficient (Wildman–Crippen LogP) is -0.0674. The Morgan fingerprint density at radius 2 is 2.00 bits per heavy atom. The highest BCUT2D eigenvalue weighted by molar-refractivity contribution is 7.89. The van der Waals surface area contributed by atoms with Crippen molar-refractivity contribution in [1.82, 2.24) is 23.8 Å². The number of ether oxygens (including phenoxy) is 1. The molecule has 2 N–H and O–H groups in total. The van der Waals surface area contributed by atoms with Crippen LogP contribution in [0.1, 0.15) is 12.8 Å². The first-order valence-corrected chi connectivity index (χ1v) is 9.12. The zero-order valence-electron chi connectivity index (χ0n) is 13.8. The molecular weight excluding hydrogens is 366 g/mol. The molecule has 0 spiro atoms. The second-order valence-corrected chi connectivity index (χ2v) is 7.65. The van der Waals surface area contributed by atoms with Crippen molar-refractivity contribution >= 4 is 21.5 Å².